The van der Waals surface area contributed by atoms with E-state index >= 15 is 0 Å². The molecule has 0 saturated carbocycles. The Labute approximate surface area is 298 Å². The van der Waals surface area contributed by atoms with E-state index in [-0.39, 0.29) is 25.1 Å². The molecule has 2 heterocycles. The van der Waals surface area contributed by atoms with Gasteiger partial charge in [-0.2, -0.15) is 0 Å². The van der Waals surface area contributed by atoms with Crippen LogP contribution in [-0.4, -0.2) is 102 Å². The maximum Gasteiger partial charge on any atom is 0.326 e. The number of hydrogen-bond acceptors (Lipinski definition) is 7. The highest BCUT2D eigenvalue weighted by Gasteiger charge is 2.45. The van der Waals surface area contributed by atoms with Gasteiger partial charge in [-0.3, -0.25) is 24.4 Å². The molecule has 1 N–H and O–H groups in total. The van der Waals surface area contributed by atoms with Gasteiger partial charge in [0, 0.05) is 48.2 Å². The molecule has 2 atom stereocenters. The summed E-state index contributed by atoms with van der Waals surface area (Å²) in [6, 6.07) is 19.7. The van der Waals surface area contributed by atoms with Crippen LogP contribution in [0.5, 0.6) is 5.75 Å². The summed E-state index contributed by atoms with van der Waals surface area (Å²) in [4.78, 5) is 43.7. The molecule has 12 heteroatoms. The highest BCUT2D eigenvalue weighted by molar-refractivity contribution is 6.30. The van der Waals surface area contributed by atoms with Crippen molar-refractivity contribution in [3.8, 4) is 5.75 Å². The van der Waals surface area contributed by atoms with Crippen molar-refractivity contribution in [3.05, 3.63) is 99.0 Å². The normalized spacial score (nSPS) is 18.4. The van der Waals surface area contributed by atoms with Crippen LogP contribution in [0.15, 0.2) is 71.7 Å². The van der Waals surface area contributed by atoms with Crippen LogP contribution in [0.1, 0.15) is 62.0 Å². The molecule has 262 valence electrons. The Morgan fingerprint density at radius 3 is 2.10 bits per heavy atom. The summed E-state index contributed by atoms with van der Waals surface area (Å²) in [6.07, 6.45) is 0. The monoisotopic (exact) mass is 709 g/mol. The van der Waals surface area contributed by atoms with Gasteiger partial charge in [-0.15, -0.1) is 0 Å². The third-order valence-electron chi connectivity index (χ3n) is 9.18. The van der Waals surface area contributed by atoms with Crippen LogP contribution in [-0.2, 0) is 15.0 Å². The second-order valence-corrected chi connectivity index (χ2v) is 13.7. The maximum atomic E-state index is 14.9. The molecule has 0 bridgehead atoms. The minimum atomic E-state index is -0.511. The molecule has 2 aliphatic heterocycles. The van der Waals surface area contributed by atoms with E-state index in [1.165, 1.54) is 12.2 Å². The minimum absolute atomic E-state index is 0.0414. The molecule has 0 spiro atoms. The Kier molecular flexibility index (Phi) is 11.9. The van der Waals surface area contributed by atoms with Crippen molar-refractivity contribution in [2.24, 2.45) is 4.99 Å². The van der Waals surface area contributed by atoms with Crippen LogP contribution in [0.2, 0.25) is 10.0 Å². The number of hydrogen-bond donors (Lipinski definition) is 1. The van der Waals surface area contributed by atoms with E-state index in [1.807, 2.05) is 104 Å². The summed E-state index contributed by atoms with van der Waals surface area (Å²) in [7, 11) is 1.49. The van der Waals surface area contributed by atoms with Crippen LogP contribution in [0.4, 0.5) is 4.79 Å². The molecule has 10 nitrogen and oxygen atoms in total. The molecule has 0 unspecified atom stereocenters. The number of piperazine rings is 1. The van der Waals surface area contributed by atoms with Gasteiger partial charge in [-0.25, -0.2) is 9.86 Å². The lowest BCUT2D eigenvalue weighted by Crippen LogP contribution is -2.55. The van der Waals surface area contributed by atoms with E-state index in [9.17, 15) is 14.7 Å². The maximum absolute atomic E-state index is 14.9. The lowest BCUT2D eigenvalue weighted by Gasteiger charge is -2.39. The Bertz CT molecular complexity index is 1640. The molecule has 3 aromatic carbocycles. The zero-order valence-electron chi connectivity index (χ0n) is 28.7. The van der Waals surface area contributed by atoms with E-state index in [0.717, 1.165) is 16.7 Å². The topological polar surface area (TPSA) is 98.2 Å². The summed E-state index contributed by atoms with van der Waals surface area (Å²) in [5, 5.41) is 12.6. The number of hydroxylamine groups is 2. The number of halogens is 2. The zero-order valence-corrected chi connectivity index (χ0v) is 30.2. The van der Waals surface area contributed by atoms with Gasteiger partial charge in [0.15, 0.2) is 0 Å². The number of likely N-dealkylation sites (N-methyl/N-ethyl adjacent to an activating group) is 1. The molecule has 3 amide bonds. The molecular weight excluding hydrogens is 665 g/mol. The zero-order chi connectivity index (χ0) is 35.3. The highest BCUT2D eigenvalue weighted by Crippen LogP contribution is 2.46. The second-order valence-electron chi connectivity index (χ2n) is 12.8. The van der Waals surface area contributed by atoms with Gasteiger partial charge >= 0.3 is 6.03 Å². The summed E-state index contributed by atoms with van der Waals surface area (Å²) in [5.74, 6) is 0.938. The molecule has 3 aromatic rings. The molecule has 0 aliphatic carbocycles. The van der Waals surface area contributed by atoms with Crippen molar-refractivity contribution in [2.75, 3.05) is 59.6 Å². The molecule has 1 fully saturated rings. The second kappa shape index (κ2) is 15.9. The Morgan fingerprint density at radius 2 is 1.55 bits per heavy atom. The first-order valence-corrected chi connectivity index (χ1v) is 17.4. The SMILES string of the molecule is CCOc1cc(C(C)(C)CO)ccc1C1=N[C@@H](c2ccc(Cl)cc2)[C@@H](c2ccc(Cl)cc2)N1C(=O)N1CCN(CC(=O)N(CC)OC)CC1. The van der Waals surface area contributed by atoms with Crippen molar-refractivity contribution < 1.29 is 24.3 Å². The summed E-state index contributed by atoms with van der Waals surface area (Å²) < 4.78 is 6.20. The standard InChI is InChI=1S/C37H45Cl2N5O5/c1-6-43(48-5)32(46)23-41-18-20-42(21-19-41)36(47)44-34(26-10-15-29(39)16-11-26)33(25-8-13-28(38)14-9-25)40-35(44)30-17-12-27(37(3,4)24-45)22-31(30)49-7-2/h8-17,22,33-34,45H,6-7,18-21,23-24H2,1-5H3/t33-,34+/m0/s1. The third-order valence-corrected chi connectivity index (χ3v) is 9.69. The number of aliphatic hydroxyl groups excluding tert-OH is 1. The van der Waals surface area contributed by atoms with E-state index in [4.69, 9.17) is 37.8 Å². The third kappa shape index (κ3) is 8.05. The number of rotatable bonds is 11. The largest absolute Gasteiger partial charge is 0.493 e. The molecule has 1 saturated heterocycles. The van der Waals surface area contributed by atoms with Crippen LogP contribution in [0.3, 0.4) is 0 Å². The van der Waals surface area contributed by atoms with Gasteiger partial charge in [-0.1, -0.05) is 67.4 Å². The molecule has 2 aliphatic rings. The predicted octanol–water partition coefficient (Wildman–Crippen LogP) is 6.35. The smallest absolute Gasteiger partial charge is 0.326 e. The van der Waals surface area contributed by atoms with Crippen molar-refractivity contribution >= 4 is 41.0 Å². The van der Waals surface area contributed by atoms with E-state index < -0.39 is 17.5 Å². The molecule has 5 rings (SSSR count). The Morgan fingerprint density at radius 1 is 0.939 bits per heavy atom. The van der Waals surface area contributed by atoms with Gasteiger partial charge in [0.1, 0.15) is 17.6 Å². The Balaban J connectivity index is 1.57. The summed E-state index contributed by atoms with van der Waals surface area (Å²) in [5.41, 5.74) is 2.84. The number of ether oxygens (including phenoxy) is 1. The van der Waals surface area contributed by atoms with Crippen molar-refractivity contribution in [3.63, 3.8) is 0 Å². The average Bonchev–Trinajstić information content (AvgIpc) is 3.50. The molecule has 49 heavy (non-hydrogen) atoms. The molecule has 0 aromatic heterocycles. The number of nitrogens with zero attached hydrogens (tertiary/aromatic N) is 5. The van der Waals surface area contributed by atoms with Gasteiger partial charge in [0.2, 0.25) is 0 Å². The fraction of sp³-hybridized carbons (Fsp3) is 0.432. The predicted molar refractivity (Wildman–Crippen MR) is 192 cm³/mol. The van der Waals surface area contributed by atoms with Gasteiger partial charge in [-0.05, 0) is 66.9 Å². The lowest BCUT2D eigenvalue weighted by atomic mass is 9.85. The number of amidine groups is 1. The fourth-order valence-electron chi connectivity index (χ4n) is 6.28. The van der Waals surface area contributed by atoms with Gasteiger partial charge < -0.3 is 14.7 Å². The number of aliphatic imine (C=N–C) groups is 1. The van der Waals surface area contributed by atoms with Crippen molar-refractivity contribution in [1.82, 2.24) is 19.8 Å². The van der Waals surface area contributed by atoms with Gasteiger partial charge in [0.05, 0.1) is 38.5 Å². The number of carbonyl (C=O) groups excluding carboxylic acids is 2. The first kappa shape index (κ1) is 36.6. The fourth-order valence-corrected chi connectivity index (χ4v) is 6.53. The van der Waals surface area contributed by atoms with Crippen LogP contribution >= 0.6 is 23.2 Å². The Hall–Kier alpha value is -3.67. The van der Waals surface area contributed by atoms with E-state index in [1.54, 1.807) is 4.90 Å². The number of aliphatic hydroxyl groups is 1. The van der Waals surface area contributed by atoms with Gasteiger partial charge in [0.25, 0.3) is 5.91 Å². The first-order valence-electron chi connectivity index (χ1n) is 16.6. The number of carbonyl (C=O) groups is 2. The van der Waals surface area contributed by atoms with Crippen LogP contribution < -0.4 is 4.74 Å². The quantitative estimate of drug-likeness (QED) is 0.233. The highest BCUT2D eigenvalue weighted by atomic mass is 35.5. The molecule has 0 radical (unpaired) electrons. The summed E-state index contributed by atoms with van der Waals surface area (Å²) in [6.45, 7) is 10.6. The van der Waals surface area contributed by atoms with Crippen molar-refractivity contribution in [2.45, 2.75) is 45.2 Å². The minimum Gasteiger partial charge on any atom is -0.493 e. The molecular formula is C37H45Cl2N5O5. The van der Waals surface area contributed by atoms with Crippen LogP contribution in [0, 0.1) is 0 Å². The number of amides is 3. The summed E-state index contributed by atoms with van der Waals surface area (Å²) >= 11 is 12.6. The number of urea groups is 1. The van der Waals surface area contributed by atoms with E-state index in [0.29, 0.717) is 66.5 Å². The number of benzene rings is 3. The van der Waals surface area contributed by atoms with Crippen LogP contribution in [0.25, 0.3) is 0 Å². The van der Waals surface area contributed by atoms with E-state index in [2.05, 4.69) is 0 Å². The first-order chi connectivity index (χ1) is 23.5. The average molecular weight is 711 g/mol. The van der Waals surface area contributed by atoms with Crippen molar-refractivity contribution in [1.29, 1.82) is 0 Å². The lowest BCUT2D eigenvalue weighted by molar-refractivity contribution is -0.176.